The molecule has 0 radical (unpaired) electrons. The summed E-state index contributed by atoms with van der Waals surface area (Å²) in [5.41, 5.74) is 3.80. The van der Waals surface area contributed by atoms with Crippen LogP contribution >= 0.6 is 0 Å². The van der Waals surface area contributed by atoms with E-state index in [9.17, 15) is 18.0 Å². The molecule has 0 spiro atoms. The van der Waals surface area contributed by atoms with Crippen LogP contribution in [0.5, 0.6) is 5.75 Å². The van der Waals surface area contributed by atoms with Gasteiger partial charge >= 0.3 is 6.18 Å². The Kier molecular flexibility index (Phi) is 7.83. The van der Waals surface area contributed by atoms with E-state index in [1.165, 1.54) is 7.11 Å². The number of nitrogens with one attached hydrogen (secondary N) is 2. The minimum atomic E-state index is -4.48. The van der Waals surface area contributed by atoms with Crippen molar-refractivity contribution in [2.75, 3.05) is 19.0 Å². The lowest BCUT2D eigenvalue weighted by Gasteiger charge is -2.15. The first-order valence-electron chi connectivity index (χ1n) is 10.9. The molecule has 0 aliphatic carbocycles. The van der Waals surface area contributed by atoms with Gasteiger partial charge in [-0.3, -0.25) is 19.8 Å². The number of hydrogen-bond acceptors (Lipinski definition) is 4. The maximum absolute atomic E-state index is 12.9. The molecular weight excluding hydrogens is 459 g/mol. The van der Waals surface area contributed by atoms with Crippen molar-refractivity contribution < 1.29 is 22.7 Å². The van der Waals surface area contributed by atoms with Crippen molar-refractivity contribution in [1.29, 1.82) is 0 Å². The first kappa shape index (κ1) is 25.8. The van der Waals surface area contributed by atoms with Crippen LogP contribution in [0.2, 0.25) is 0 Å². The van der Waals surface area contributed by atoms with Crippen molar-refractivity contribution >= 4 is 17.6 Å². The number of carbonyl (C=O) groups excluding carboxylic acids is 1. The molecular formula is C25H28F3N5O2. The van der Waals surface area contributed by atoms with E-state index in [4.69, 9.17) is 4.74 Å². The number of aryl methyl sites for hydroxylation is 3. The largest absolute Gasteiger partial charge is 0.495 e. The Morgan fingerprint density at radius 2 is 1.80 bits per heavy atom. The number of carbonyl (C=O) groups is 1. The van der Waals surface area contributed by atoms with Gasteiger partial charge in [-0.2, -0.15) is 18.3 Å². The summed E-state index contributed by atoms with van der Waals surface area (Å²) in [6.45, 7) is 6.16. The van der Waals surface area contributed by atoms with Crippen LogP contribution in [0.3, 0.4) is 0 Å². The number of nitrogens with zero attached hydrogens (tertiary/aromatic N) is 3. The molecule has 186 valence electrons. The van der Waals surface area contributed by atoms with Gasteiger partial charge < -0.3 is 10.1 Å². The topological polar surface area (TPSA) is 80.5 Å². The average molecular weight is 488 g/mol. The fraction of sp³-hybridized carbons (Fsp3) is 0.320. The SMILES string of the molecule is COc1ccc(C)cc1NC(=NCCc1c(C)nn(C)c1C)NC(=O)c1ccc(C(F)(F)F)cc1. The number of ether oxygens (including phenoxy) is 1. The number of amides is 1. The minimum Gasteiger partial charge on any atom is -0.495 e. The van der Waals surface area contributed by atoms with Gasteiger partial charge in [0, 0.05) is 24.8 Å². The van der Waals surface area contributed by atoms with Gasteiger partial charge in [-0.25, -0.2) is 0 Å². The van der Waals surface area contributed by atoms with Crippen molar-refractivity contribution in [3.8, 4) is 5.75 Å². The average Bonchev–Trinajstić information content (AvgIpc) is 3.04. The summed E-state index contributed by atoms with van der Waals surface area (Å²) in [5.74, 6) is 0.106. The third-order valence-corrected chi connectivity index (χ3v) is 5.61. The zero-order valence-corrected chi connectivity index (χ0v) is 20.2. The molecule has 1 aromatic heterocycles. The summed E-state index contributed by atoms with van der Waals surface area (Å²) in [6, 6.07) is 9.52. The molecule has 7 nitrogen and oxygen atoms in total. The van der Waals surface area contributed by atoms with E-state index in [0.717, 1.165) is 46.8 Å². The number of rotatable bonds is 6. The van der Waals surface area contributed by atoms with E-state index in [1.54, 1.807) is 10.7 Å². The van der Waals surface area contributed by atoms with E-state index in [2.05, 4.69) is 20.7 Å². The molecule has 3 rings (SSSR count). The molecule has 1 heterocycles. The molecule has 0 saturated heterocycles. The van der Waals surface area contributed by atoms with Crippen molar-refractivity contribution in [3.63, 3.8) is 0 Å². The van der Waals surface area contributed by atoms with Gasteiger partial charge in [-0.05, 0) is 74.7 Å². The van der Waals surface area contributed by atoms with Crippen LogP contribution in [0.1, 0.15) is 38.4 Å². The Morgan fingerprint density at radius 3 is 2.37 bits per heavy atom. The highest BCUT2D eigenvalue weighted by molar-refractivity contribution is 6.10. The van der Waals surface area contributed by atoms with Gasteiger partial charge in [0.25, 0.3) is 5.91 Å². The molecule has 0 atom stereocenters. The number of anilines is 1. The van der Waals surface area contributed by atoms with Gasteiger partial charge in [-0.1, -0.05) is 6.07 Å². The molecule has 0 unspecified atom stereocenters. The highest BCUT2D eigenvalue weighted by Gasteiger charge is 2.30. The lowest BCUT2D eigenvalue weighted by molar-refractivity contribution is -0.137. The molecule has 0 aliphatic rings. The summed E-state index contributed by atoms with van der Waals surface area (Å²) >= 11 is 0. The molecule has 0 aliphatic heterocycles. The molecule has 3 aromatic rings. The number of methoxy groups -OCH3 is 1. The quantitative estimate of drug-likeness (QED) is 0.386. The van der Waals surface area contributed by atoms with Crippen LogP contribution < -0.4 is 15.4 Å². The van der Waals surface area contributed by atoms with Gasteiger partial charge in [0.05, 0.1) is 24.1 Å². The number of halogens is 3. The highest BCUT2D eigenvalue weighted by Crippen LogP contribution is 2.29. The predicted octanol–water partition coefficient (Wildman–Crippen LogP) is 4.81. The van der Waals surface area contributed by atoms with Crippen molar-refractivity contribution in [2.45, 2.75) is 33.4 Å². The lowest BCUT2D eigenvalue weighted by atomic mass is 10.1. The van der Waals surface area contributed by atoms with E-state index < -0.39 is 17.6 Å². The number of hydrogen-bond donors (Lipinski definition) is 2. The standard InChI is InChI=1S/C25H28F3N5O2/c1-15-6-11-22(35-5)21(14-15)30-24(29-13-12-20-16(2)32-33(4)17(20)3)31-23(34)18-7-9-19(10-8-18)25(26,27)28/h6-11,14H,12-13H2,1-5H3,(H2,29,30,31,34). The molecule has 0 bridgehead atoms. The molecule has 1 amide bonds. The van der Waals surface area contributed by atoms with Gasteiger partial charge in [0.1, 0.15) is 5.75 Å². The zero-order valence-electron chi connectivity index (χ0n) is 20.2. The normalized spacial score (nSPS) is 11.9. The van der Waals surface area contributed by atoms with Crippen LogP contribution in [-0.2, 0) is 19.6 Å². The smallest absolute Gasteiger partial charge is 0.416 e. The Balaban J connectivity index is 1.84. The summed E-state index contributed by atoms with van der Waals surface area (Å²) in [5, 5.41) is 10.2. The molecule has 10 heteroatoms. The van der Waals surface area contributed by atoms with Crippen LogP contribution in [0.15, 0.2) is 47.5 Å². The van der Waals surface area contributed by atoms with Gasteiger partial charge in [0.15, 0.2) is 0 Å². The van der Waals surface area contributed by atoms with Crippen molar-refractivity contribution in [1.82, 2.24) is 15.1 Å². The highest BCUT2D eigenvalue weighted by atomic mass is 19.4. The number of alkyl halides is 3. The first-order valence-corrected chi connectivity index (χ1v) is 10.9. The Labute approximate surface area is 202 Å². The summed E-state index contributed by atoms with van der Waals surface area (Å²) < 4.78 is 45.8. The Bertz CT molecular complexity index is 1230. The Morgan fingerprint density at radius 1 is 1.11 bits per heavy atom. The Hall–Kier alpha value is -3.82. The maximum atomic E-state index is 12.9. The van der Waals surface area contributed by atoms with Crippen LogP contribution in [0.4, 0.5) is 18.9 Å². The maximum Gasteiger partial charge on any atom is 0.416 e. The van der Waals surface area contributed by atoms with E-state index >= 15 is 0 Å². The zero-order chi connectivity index (χ0) is 25.8. The van der Waals surface area contributed by atoms with Gasteiger partial charge in [0.2, 0.25) is 5.96 Å². The second-order valence-corrected chi connectivity index (χ2v) is 8.11. The fourth-order valence-electron chi connectivity index (χ4n) is 3.61. The van der Waals surface area contributed by atoms with E-state index in [1.807, 2.05) is 40.0 Å². The second-order valence-electron chi connectivity index (χ2n) is 8.11. The second kappa shape index (κ2) is 10.6. The van der Waals surface area contributed by atoms with Crippen molar-refractivity contribution in [3.05, 3.63) is 76.1 Å². The number of guanidine groups is 1. The van der Waals surface area contributed by atoms with Crippen LogP contribution in [0, 0.1) is 20.8 Å². The number of aliphatic imine (C=N–C) groups is 1. The van der Waals surface area contributed by atoms with Crippen molar-refractivity contribution in [2.24, 2.45) is 12.0 Å². The number of benzene rings is 2. The fourth-order valence-corrected chi connectivity index (χ4v) is 3.61. The first-order chi connectivity index (χ1) is 16.5. The molecule has 0 saturated carbocycles. The van der Waals surface area contributed by atoms with E-state index in [0.29, 0.717) is 24.4 Å². The monoisotopic (exact) mass is 487 g/mol. The van der Waals surface area contributed by atoms with Crippen LogP contribution in [-0.4, -0.2) is 35.3 Å². The predicted molar refractivity (Wildman–Crippen MR) is 129 cm³/mol. The summed E-state index contributed by atoms with van der Waals surface area (Å²) in [6.07, 6.45) is -3.88. The van der Waals surface area contributed by atoms with E-state index in [-0.39, 0.29) is 11.5 Å². The summed E-state index contributed by atoms with van der Waals surface area (Å²) in [7, 11) is 3.40. The number of aromatic nitrogens is 2. The van der Waals surface area contributed by atoms with Crippen LogP contribution in [0.25, 0.3) is 0 Å². The minimum absolute atomic E-state index is 0.0719. The third-order valence-electron chi connectivity index (χ3n) is 5.61. The lowest BCUT2D eigenvalue weighted by Crippen LogP contribution is -2.36. The summed E-state index contributed by atoms with van der Waals surface area (Å²) in [4.78, 5) is 17.3. The molecule has 2 N–H and O–H groups in total. The van der Waals surface area contributed by atoms with Gasteiger partial charge in [-0.15, -0.1) is 0 Å². The molecule has 2 aromatic carbocycles. The molecule has 35 heavy (non-hydrogen) atoms. The third kappa shape index (κ3) is 6.40. The molecule has 0 fully saturated rings.